The molecule has 2 amide bonds. The number of carbonyl (C=O) groups excluding carboxylic acids is 2. The van der Waals surface area contributed by atoms with Crippen molar-refractivity contribution >= 4 is 23.2 Å². The second kappa shape index (κ2) is 8.74. The predicted octanol–water partition coefficient (Wildman–Crippen LogP) is 3.27. The predicted molar refractivity (Wildman–Crippen MR) is 112 cm³/mol. The maximum atomic E-state index is 13.3. The minimum absolute atomic E-state index is 0.0407. The van der Waals surface area contributed by atoms with Crippen molar-refractivity contribution in [1.29, 1.82) is 0 Å². The van der Waals surface area contributed by atoms with Gasteiger partial charge in [0.05, 0.1) is 10.6 Å². The first kappa shape index (κ1) is 20.2. The van der Waals surface area contributed by atoms with Gasteiger partial charge in [-0.3, -0.25) is 9.59 Å². The summed E-state index contributed by atoms with van der Waals surface area (Å²) >= 11 is 1.46. The molecule has 0 radical (unpaired) electrons. The van der Waals surface area contributed by atoms with Crippen LogP contribution in [0.4, 0.5) is 4.39 Å². The van der Waals surface area contributed by atoms with E-state index in [9.17, 15) is 14.0 Å². The fourth-order valence-corrected chi connectivity index (χ4v) is 4.15. The van der Waals surface area contributed by atoms with Crippen LogP contribution in [-0.4, -0.2) is 50.6 Å². The molecule has 0 unspecified atom stereocenters. The van der Waals surface area contributed by atoms with Crippen molar-refractivity contribution in [2.75, 3.05) is 13.1 Å². The summed E-state index contributed by atoms with van der Waals surface area (Å²) in [5, 5.41) is 8.96. The molecule has 0 spiro atoms. The van der Waals surface area contributed by atoms with Crippen LogP contribution in [-0.2, 0) is 4.79 Å². The fourth-order valence-electron chi connectivity index (χ4n) is 3.45. The van der Waals surface area contributed by atoms with Gasteiger partial charge in [-0.1, -0.05) is 6.07 Å². The third-order valence-corrected chi connectivity index (χ3v) is 5.87. The van der Waals surface area contributed by atoms with Gasteiger partial charge < -0.3 is 10.2 Å². The summed E-state index contributed by atoms with van der Waals surface area (Å²) in [5.74, 6) is -0.539. The normalized spacial score (nSPS) is 15.1. The van der Waals surface area contributed by atoms with E-state index in [0.29, 0.717) is 11.5 Å². The van der Waals surface area contributed by atoms with Gasteiger partial charge in [-0.25, -0.2) is 14.1 Å². The second-order valence-corrected chi connectivity index (χ2v) is 8.15. The van der Waals surface area contributed by atoms with Crippen LogP contribution in [0.3, 0.4) is 0 Å². The van der Waals surface area contributed by atoms with E-state index in [1.54, 1.807) is 24.0 Å². The molecule has 1 aliphatic rings. The monoisotopic (exact) mass is 427 g/mol. The van der Waals surface area contributed by atoms with Gasteiger partial charge in [-0.2, -0.15) is 0 Å². The number of hydrogen-bond acceptors (Lipinski definition) is 5. The van der Waals surface area contributed by atoms with E-state index in [2.05, 4.69) is 15.4 Å². The zero-order valence-electron chi connectivity index (χ0n) is 16.5. The highest BCUT2D eigenvalue weighted by molar-refractivity contribution is 7.13. The lowest BCUT2D eigenvalue weighted by molar-refractivity contribution is -0.133. The third-order valence-electron chi connectivity index (χ3n) is 5.01. The Morgan fingerprint density at radius 2 is 1.87 bits per heavy atom. The molecular formula is C21H22FN5O2S. The van der Waals surface area contributed by atoms with E-state index in [4.69, 9.17) is 0 Å². The molecule has 1 aromatic carbocycles. The molecule has 1 aliphatic heterocycles. The molecule has 0 aliphatic carbocycles. The second-order valence-electron chi connectivity index (χ2n) is 7.21. The number of benzene rings is 1. The van der Waals surface area contributed by atoms with E-state index in [1.165, 1.54) is 28.2 Å². The highest BCUT2D eigenvalue weighted by atomic mass is 32.1. The Morgan fingerprint density at radius 1 is 1.13 bits per heavy atom. The topological polar surface area (TPSA) is 80.1 Å². The standard InChI is InChI=1S/C21H22FN5O2S/c1-14(21(29)26-11-3-2-4-12-26)23-20(28)18-24-19(17-6-5-13-30-17)27(25-18)16-9-7-15(22)8-10-16/h5-10,13-14H,2-4,11-12H2,1H3,(H,23,28)/t14-/m0/s1. The lowest BCUT2D eigenvalue weighted by Gasteiger charge is -2.29. The molecule has 9 heteroatoms. The number of piperidine rings is 1. The molecule has 3 aromatic rings. The highest BCUT2D eigenvalue weighted by Crippen LogP contribution is 2.25. The minimum atomic E-state index is -0.668. The molecule has 1 atom stereocenters. The summed E-state index contributed by atoms with van der Waals surface area (Å²) in [6, 6.07) is 8.89. The summed E-state index contributed by atoms with van der Waals surface area (Å²) in [7, 11) is 0. The van der Waals surface area contributed by atoms with Crippen molar-refractivity contribution in [2.45, 2.75) is 32.2 Å². The summed E-state index contributed by atoms with van der Waals surface area (Å²) in [4.78, 5) is 32.4. The van der Waals surface area contributed by atoms with Crippen LogP contribution in [0.2, 0.25) is 0 Å². The van der Waals surface area contributed by atoms with Crippen LogP contribution in [0.25, 0.3) is 16.4 Å². The van der Waals surface area contributed by atoms with E-state index < -0.39 is 11.9 Å². The van der Waals surface area contributed by atoms with Crippen molar-refractivity contribution in [1.82, 2.24) is 25.0 Å². The first-order valence-electron chi connectivity index (χ1n) is 9.89. The summed E-state index contributed by atoms with van der Waals surface area (Å²) in [6.07, 6.45) is 3.10. The van der Waals surface area contributed by atoms with Crippen molar-refractivity contribution in [3.63, 3.8) is 0 Å². The van der Waals surface area contributed by atoms with Crippen LogP contribution in [0.1, 0.15) is 36.8 Å². The summed E-state index contributed by atoms with van der Waals surface area (Å²) in [6.45, 7) is 3.12. The number of halogens is 1. The van der Waals surface area contributed by atoms with Gasteiger partial charge in [0.2, 0.25) is 11.7 Å². The molecule has 30 heavy (non-hydrogen) atoms. The Balaban J connectivity index is 1.57. The fraction of sp³-hybridized carbons (Fsp3) is 0.333. The number of nitrogens with one attached hydrogen (secondary N) is 1. The number of rotatable bonds is 5. The molecule has 7 nitrogen and oxygen atoms in total. The molecule has 0 saturated carbocycles. The molecule has 4 rings (SSSR count). The van der Waals surface area contributed by atoms with Gasteiger partial charge in [0.25, 0.3) is 5.91 Å². The van der Waals surface area contributed by atoms with Gasteiger partial charge in [-0.05, 0) is 61.9 Å². The zero-order chi connectivity index (χ0) is 21.1. The molecular weight excluding hydrogens is 405 g/mol. The van der Waals surface area contributed by atoms with Gasteiger partial charge in [-0.15, -0.1) is 16.4 Å². The highest BCUT2D eigenvalue weighted by Gasteiger charge is 2.26. The van der Waals surface area contributed by atoms with Crippen molar-refractivity contribution in [3.8, 4) is 16.4 Å². The average molecular weight is 428 g/mol. The van der Waals surface area contributed by atoms with Crippen molar-refractivity contribution in [2.24, 2.45) is 0 Å². The first-order chi connectivity index (χ1) is 14.5. The molecule has 0 bridgehead atoms. The molecule has 2 aromatic heterocycles. The average Bonchev–Trinajstić information content (AvgIpc) is 3.44. The molecule has 1 N–H and O–H groups in total. The Bertz CT molecular complexity index is 1030. The Kier molecular flexibility index (Phi) is 5.89. The number of amides is 2. The van der Waals surface area contributed by atoms with E-state index in [1.807, 2.05) is 17.5 Å². The lowest BCUT2D eigenvalue weighted by atomic mass is 10.1. The maximum Gasteiger partial charge on any atom is 0.291 e. The Labute approximate surface area is 177 Å². The first-order valence-corrected chi connectivity index (χ1v) is 10.8. The number of hydrogen-bond donors (Lipinski definition) is 1. The van der Waals surface area contributed by atoms with Crippen LogP contribution in [0.5, 0.6) is 0 Å². The van der Waals surface area contributed by atoms with Crippen LogP contribution in [0, 0.1) is 5.82 Å². The summed E-state index contributed by atoms with van der Waals surface area (Å²) in [5.41, 5.74) is 0.587. The molecule has 1 saturated heterocycles. The maximum absolute atomic E-state index is 13.3. The van der Waals surface area contributed by atoms with Crippen LogP contribution in [0.15, 0.2) is 41.8 Å². The summed E-state index contributed by atoms with van der Waals surface area (Å²) < 4.78 is 14.9. The van der Waals surface area contributed by atoms with Gasteiger partial charge in [0.15, 0.2) is 5.82 Å². The van der Waals surface area contributed by atoms with Gasteiger partial charge in [0.1, 0.15) is 11.9 Å². The van der Waals surface area contributed by atoms with E-state index in [-0.39, 0.29) is 17.5 Å². The minimum Gasteiger partial charge on any atom is -0.341 e. The number of carbonyl (C=O) groups is 2. The largest absolute Gasteiger partial charge is 0.341 e. The number of aromatic nitrogens is 3. The van der Waals surface area contributed by atoms with Crippen molar-refractivity contribution in [3.05, 3.63) is 53.4 Å². The lowest BCUT2D eigenvalue weighted by Crippen LogP contribution is -2.48. The Hall–Kier alpha value is -3.07. The Morgan fingerprint density at radius 3 is 2.53 bits per heavy atom. The zero-order valence-corrected chi connectivity index (χ0v) is 17.4. The number of likely N-dealkylation sites (tertiary alicyclic amines) is 1. The SMILES string of the molecule is C[C@H](NC(=O)c1nc(-c2cccs2)n(-c2ccc(F)cc2)n1)C(=O)N1CCCCC1. The number of nitrogens with zero attached hydrogens (tertiary/aromatic N) is 4. The molecule has 3 heterocycles. The smallest absolute Gasteiger partial charge is 0.291 e. The third kappa shape index (κ3) is 4.25. The van der Waals surface area contributed by atoms with E-state index in [0.717, 1.165) is 37.2 Å². The van der Waals surface area contributed by atoms with Gasteiger partial charge in [0, 0.05) is 13.1 Å². The van der Waals surface area contributed by atoms with Gasteiger partial charge >= 0.3 is 0 Å². The van der Waals surface area contributed by atoms with E-state index >= 15 is 0 Å². The van der Waals surface area contributed by atoms with Crippen LogP contribution >= 0.6 is 11.3 Å². The van der Waals surface area contributed by atoms with Crippen LogP contribution < -0.4 is 5.32 Å². The number of thiophene rings is 1. The molecule has 156 valence electrons. The quantitative estimate of drug-likeness (QED) is 0.678. The molecule has 1 fully saturated rings. The van der Waals surface area contributed by atoms with Crippen molar-refractivity contribution < 1.29 is 14.0 Å².